The second kappa shape index (κ2) is 5.60. The van der Waals surface area contributed by atoms with Gasteiger partial charge in [0.15, 0.2) is 0 Å². The molecule has 0 heterocycles. The molecule has 1 rings (SSSR count). The van der Waals surface area contributed by atoms with Crippen LogP contribution in [0, 0.1) is 6.92 Å². The Bertz CT molecular complexity index is 481. The maximum Gasteiger partial charge on any atom is 0.402 e. The molecule has 19 heavy (non-hydrogen) atoms. The molecular weight excluding hydrogens is 279 g/mol. The summed E-state index contributed by atoms with van der Waals surface area (Å²) in [6, 6.07) is 4.55. The van der Waals surface area contributed by atoms with Gasteiger partial charge in [-0.25, -0.2) is 8.93 Å². The largest absolute Gasteiger partial charge is 0.402 e. The average molecular weight is 295 g/mol. The van der Waals surface area contributed by atoms with Gasteiger partial charge < -0.3 is 5.11 Å². The molecule has 0 radical (unpaired) electrons. The zero-order valence-corrected chi connectivity index (χ0v) is 11.7. The minimum absolute atomic E-state index is 0.201. The highest BCUT2D eigenvalue weighted by Gasteiger charge is 2.28. The van der Waals surface area contributed by atoms with E-state index in [1.165, 1.54) is 12.1 Å². The lowest BCUT2D eigenvalue weighted by Crippen LogP contribution is -2.30. The topological polar surface area (TPSA) is 49.3 Å². The fourth-order valence-corrected chi connectivity index (χ4v) is 2.48. The van der Waals surface area contributed by atoms with E-state index in [1.54, 1.807) is 26.8 Å². The Hall–Kier alpha value is -0.920. The highest BCUT2D eigenvalue weighted by atomic mass is 32.2. The molecule has 3 nitrogen and oxygen atoms in total. The van der Waals surface area contributed by atoms with Gasteiger partial charge in [-0.05, 0) is 44.0 Å². The molecule has 0 aliphatic heterocycles. The van der Waals surface area contributed by atoms with Crippen molar-refractivity contribution >= 4 is 11.0 Å². The summed E-state index contributed by atoms with van der Waals surface area (Å²) in [6.07, 6.45) is -4.42. The van der Waals surface area contributed by atoms with E-state index in [9.17, 15) is 22.5 Å². The van der Waals surface area contributed by atoms with Crippen LogP contribution in [0.1, 0.15) is 25.0 Å². The van der Waals surface area contributed by atoms with Crippen LogP contribution in [0.2, 0.25) is 0 Å². The molecule has 0 aromatic heterocycles. The van der Waals surface area contributed by atoms with Crippen LogP contribution in [-0.2, 0) is 16.6 Å². The number of rotatable bonds is 4. The number of aryl methyl sites for hydroxylation is 1. The van der Waals surface area contributed by atoms with Crippen LogP contribution in [0.15, 0.2) is 23.1 Å². The molecule has 0 aliphatic carbocycles. The van der Waals surface area contributed by atoms with Crippen LogP contribution in [0.4, 0.5) is 13.2 Å². The molecule has 1 unspecified atom stereocenters. The Morgan fingerprint density at radius 2 is 1.89 bits per heavy atom. The molecule has 0 saturated heterocycles. The molecule has 1 aromatic rings. The third-order valence-electron chi connectivity index (χ3n) is 2.49. The fourth-order valence-electron chi connectivity index (χ4n) is 1.61. The van der Waals surface area contributed by atoms with Gasteiger partial charge in [0, 0.05) is 0 Å². The normalized spacial score (nSPS) is 14.5. The molecule has 7 heteroatoms. The van der Waals surface area contributed by atoms with Crippen LogP contribution in [-0.4, -0.2) is 22.0 Å². The molecule has 0 spiro atoms. The monoisotopic (exact) mass is 295 g/mol. The summed E-state index contributed by atoms with van der Waals surface area (Å²) in [6.45, 7) is 3.56. The van der Waals surface area contributed by atoms with E-state index < -0.39 is 29.3 Å². The van der Waals surface area contributed by atoms with Gasteiger partial charge in [0.25, 0.3) is 0 Å². The van der Waals surface area contributed by atoms with Crippen LogP contribution in [0.25, 0.3) is 0 Å². The number of aliphatic hydroxyl groups is 1. The Kier molecular flexibility index (Phi) is 4.76. The van der Waals surface area contributed by atoms with Crippen molar-refractivity contribution in [2.45, 2.75) is 37.4 Å². The summed E-state index contributed by atoms with van der Waals surface area (Å²) < 4.78 is 49.7. The van der Waals surface area contributed by atoms with Crippen molar-refractivity contribution in [2.75, 3.05) is 6.54 Å². The fraction of sp³-hybridized carbons (Fsp3) is 0.500. The molecule has 0 fully saturated rings. The van der Waals surface area contributed by atoms with Gasteiger partial charge in [0.05, 0.1) is 10.5 Å². The summed E-state index contributed by atoms with van der Waals surface area (Å²) in [4.78, 5) is 0.201. The Morgan fingerprint density at radius 1 is 1.32 bits per heavy atom. The lowest BCUT2D eigenvalue weighted by molar-refractivity contribution is -0.121. The van der Waals surface area contributed by atoms with Crippen molar-refractivity contribution in [3.8, 4) is 0 Å². The van der Waals surface area contributed by atoms with E-state index in [1.807, 2.05) is 4.72 Å². The number of nitrogens with one attached hydrogen (secondary N) is 1. The maximum absolute atomic E-state index is 12.0. The van der Waals surface area contributed by atoms with E-state index >= 15 is 0 Å². The van der Waals surface area contributed by atoms with E-state index in [2.05, 4.69) is 0 Å². The summed E-state index contributed by atoms with van der Waals surface area (Å²) in [7, 11) is -1.96. The van der Waals surface area contributed by atoms with E-state index in [4.69, 9.17) is 0 Å². The van der Waals surface area contributed by atoms with Crippen LogP contribution >= 0.6 is 0 Å². The van der Waals surface area contributed by atoms with Crippen molar-refractivity contribution in [3.05, 3.63) is 29.3 Å². The van der Waals surface area contributed by atoms with Crippen LogP contribution in [0.3, 0.4) is 0 Å². The van der Waals surface area contributed by atoms with Crippen LogP contribution in [0.5, 0.6) is 0 Å². The molecule has 0 bridgehead atoms. The van der Waals surface area contributed by atoms with Crippen molar-refractivity contribution in [1.29, 1.82) is 0 Å². The smallest absolute Gasteiger partial charge is 0.386 e. The Labute approximate surface area is 112 Å². The molecule has 1 aromatic carbocycles. The highest BCUT2D eigenvalue weighted by molar-refractivity contribution is 7.83. The molecule has 1 atom stereocenters. The van der Waals surface area contributed by atoms with Gasteiger partial charge in [0.1, 0.15) is 17.5 Å². The van der Waals surface area contributed by atoms with Gasteiger partial charge in [-0.15, -0.1) is 0 Å². The molecule has 0 saturated carbocycles. The lowest BCUT2D eigenvalue weighted by Gasteiger charge is -2.21. The first kappa shape index (κ1) is 16.1. The van der Waals surface area contributed by atoms with Crippen molar-refractivity contribution in [1.82, 2.24) is 4.72 Å². The number of halogens is 3. The third-order valence-corrected chi connectivity index (χ3v) is 3.57. The summed E-state index contributed by atoms with van der Waals surface area (Å²) in [5.74, 6) is 0. The van der Waals surface area contributed by atoms with Gasteiger partial charge in [-0.1, -0.05) is 6.07 Å². The second-order valence-corrected chi connectivity index (χ2v) is 6.04. The maximum atomic E-state index is 12.0. The average Bonchev–Trinajstić information content (AvgIpc) is 2.24. The summed E-state index contributed by atoms with van der Waals surface area (Å²) in [5, 5.41) is 9.94. The van der Waals surface area contributed by atoms with E-state index in [-0.39, 0.29) is 4.90 Å². The number of benzene rings is 1. The number of hydrogen-bond donors (Lipinski definition) is 2. The zero-order chi connectivity index (χ0) is 14.8. The zero-order valence-electron chi connectivity index (χ0n) is 10.8. The van der Waals surface area contributed by atoms with Crippen molar-refractivity contribution < 1.29 is 22.5 Å². The molecule has 108 valence electrons. The number of alkyl halides is 3. The standard InChI is InChI=1S/C12H16F3NO2S/c1-8-4-5-9(6-10(8)11(2,3)17)19(18)16-7-12(13,14)15/h4-6,16-17H,7H2,1-3H3. The quantitative estimate of drug-likeness (QED) is 0.896. The third kappa shape index (κ3) is 4.93. The van der Waals surface area contributed by atoms with E-state index in [0.29, 0.717) is 5.56 Å². The predicted octanol–water partition coefficient (Wildman–Crippen LogP) is 2.40. The van der Waals surface area contributed by atoms with Gasteiger partial charge >= 0.3 is 6.18 Å². The minimum Gasteiger partial charge on any atom is -0.386 e. The second-order valence-electron chi connectivity index (χ2n) is 4.74. The Morgan fingerprint density at radius 3 is 2.37 bits per heavy atom. The van der Waals surface area contributed by atoms with Crippen LogP contribution < -0.4 is 4.72 Å². The first-order valence-electron chi connectivity index (χ1n) is 5.56. The SMILES string of the molecule is Cc1ccc(S(=O)NCC(F)(F)F)cc1C(C)(C)O. The predicted molar refractivity (Wildman–Crippen MR) is 66.9 cm³/mol. The van der Waals surface area contributed by atoms with Gasteiger partial charge in [-0.3, -0.25) is 0 Å². The first-order chi connectivity index (χ1) is 8.50. The van der Waals surface area contributed by atoms with Gasteiger partial charge in [0.2, 0.25) is 0 Å². The summed E-state index contributed by atoms with van der Waals surface area (Å²) >= 11 is 0. The van der Waals surface area contributed by atoms with Crippen molar-refractivity contribution in [2.24, 2.45) is 0 Å². The minimum atomic E-state index is -4.42. The lowest BCUT2D eigenvalue weighted by atomic mass is 9.94. The molecular formula is C12H16F3NO2S. The highest BCUT2D eigenvalue weighted by Crippen LogP contribution is 2.25. The molecule has 0 amide bonds. The molecule has 2 N–H and O–H groups in total. The number of hydrogen-bond acceptors (Lipinski definition) is 2. The van der Waals surface area contributed by atoms with Gasteiger partial charge in [-0.2, -0.15) is 13.2 Å². The van der Waals surface area contributed by atoms with E-state index in [0.717, 1.165) is 5.56 Å². The summed E-state index contributed by atoms with van der Waals surface area (Å²) in [5.41, 5.74) is 0.171. The van der Waals surface area contributed by atoms with Crippen molar-refractivity contribution in [3.63, 3.8) is 0 Å². The Balaban J connectivity index is 2.94. The first-order valence-corrected chi connectivity index (χ1v) is 6.71. The molecule has 0 aliphatic rings.